The van der Waals surface area contributed by atoms with Crippen LogP contribution in [0.15, 0.2) is 12.2 Å². The van der Waals surface area contributed by atoms with Gasteiger partial charge in [0.25, 0.3) is 0 Å². The zero-order valence-electron chi connectivity index (χ0n) is 63.5. The number of nitrogens with zero attached hydrogens (tertiary/aromatic N) is 8. The molecule has 0 bridgehead atoms. The standard InChI is InChI=1S/C70H126N12O14S/c1-26-28-29-46(13)58(83)57-62(87)73-49(27-2)64(89)79(22)54(40-97-35-32-82-30-33-96-34-31-82)67(92)78(21)53(39-70(16,17)95-25)61(86)74-55(44(9)10)68(93)75(18)50(36-41(3)4)60(85)71-47(14)59(84)72-48(15)63(88)76(19)51(37-42(5)6)65(90)77(20)52(38-43(7)8)66(91)80(23)56(45(11)12)69(94)81(57)24/h26,28,41-58,83H,27,29-40H2,1-25H3,(H,71,85)(H,72,84)(H,73,87)(H,74,86)/b28-26+/t46-,47+,48-,49+,50+,51+,52+,53+,54-,55+,56+,57+,58-/m1/s1. The fourth-order valence-corrected chi connectivity index (χ4v) is 13.4. The van der Waals surface area contributed by atoms with Gasteiger partial charge >= 0.3 is 0 Å². The molecule has 0 spiro atoms. The molecule has 0 aromatic carbocycles. The maximum Gasteiger partial charge on any atom is 0.246 e. The molecule has 2 fully saturated rings. The second-order valence-electron chi connectivity index (χ2n) is 29.4. The molecule has 2 aliphatic rings. The van der Waals surface area contributed by atoms with Crippen molar-refractivity contribution in [1.82, 2.24) is 60.5 Å². The topological polar surface area (TPSA) is 300 Å². The quantitative estimate of drug-likeness (QED) is 0.0812. The summed E-state index contributed by atoms with van der Waals surface area (Å²) in [6.45, 7) is 32.9. The Labute approximate surface area is 584 Å². The summed E-state index contributed by atoms with van der Waals surface area (Å²) in [5.41, 5.74) is -1.05. The van der Waals surface area contributed by atoms with Crippen LogP contribution in [0.25, 0.3) is 0 Å². The zero-order valence-corrected chi connectivity index (χ0v) is 64.3. The number of hydrogen-bond donors (Lipinski definition) is 5. The van der Waals surface area contributed by atoms with E-state index in [2.05, 4.69) is 26.2 Å². The summed E-state index contributed by atoms with van der Waals surface area (Å²) in [6, 6.07) is -14.1. The normalized spacial score (nSPS) is 27.1. The van der Waals surface area contributed by atoms with Crippen LogP contribution in [0.5, 0.6) is 0 Å². The van der Waals surface area contributed by atoms with Crippen molar-refractivity contribution in [2.24, 2.45) is 35.5 Å². The third-order valence-corrected chi connectivity index (χ3v) is 19.9. The summed E-state index contributed by atoms with van der Waals surface area (Å²) in [5, 5.41) is 23.5. The molecule has 11 amide bonds. The Morgan fingerprint density at radius 2 is 1.00 bits per heavy atom. The first-order valence-electron chi connectivity index (χ1n) is 34.9. The molecule has 97 heavy (non-hydrogen) atoms. The molecule has 5 N–H and O–H groups in total. The first kappa shape index (κ1) is 87.2. The van der Waals surface area contributed by atoms with E-state index in [9.17, 15) is 24.3 Å². The number of nitrogens with one attached hydrogen (secondary N) is 4. The molecule has 0 saturated carbocycles. The monoisotopic (exact) mass is 1390 g/mol. The average molecular weight is 1390 g/mol. The number of carbonyl (C=O) groups excluding carboxylic acids is 11. The van der Waals surface area contributed by atoms with Crippen LogP contribution in [0.1, 0.15) is 156 Å². The van der Waals surface area contributed by atoms with Crippen LogP contribution in [0.4, 0.5) is 0 Å². The predicted octanol–water partition coefficient (Wildman–Crippen LogP) is 3.47. The van der Waals surface area contributed by atoms with E-state index in [1.807, 2.05) is 54.5 Å². The van der Waals surface area contributed by atoms with Crippen molar-refractivity contribution >= 4 is 76.7 Å². The van der Waals surface area contributed by atoms with Crippen LogP contribution in [0.3, 0.4) is 0 Å². The number of methoxy groups -OCH3 is 1. The van der Waals surface area contributed by atoms with Crippen molar-refractivity contribution in [2.75, 3.05) is 101 Å². The summed E-state index contributed by atoms with van der Waals surface area (Å²) >= 11 is 1.42. The molecule has 2 saturated heterocycles. The Kier molecular flexibility index (Phi) is 36.3. The van der Waals surface area contributed by atoms with E-state index in [1.54, 1.807) is 61.5 Å². The fraction of sp³-hybridized carbons (Fsp3) is 0.814. The summed E-state index contributed by atoms with van der Waals surface area (Å²) < 4.78 is 11.4. The van der Waals surface area contributed by atoms with Gasteiger partial charge in [0.15, 0.2) is 0 Å². The van der Waals surface area contributed by atoms with Crippen LogP contribution < -0.4 is 21.3 Å². The maximum absolute atomic E-state index is 15.6. The highest BCUT2D eigenvalue weighted by molar-refractivity contribution is 7.99. The minimum atomic E-state index is -1.65. The number of carbonyl (C=O) groups is 11. The number of ether oxygens (including phenoxy) is 2. The highest BCUT2D eigenvalue weighted by Gasteiger charge is 2.47. The summed E-state index contributed by atoms with van der Waals surface area (Å²) in [4.78, 5) is 176. The first-order valence-corrected chi connectivity index (χ1v) is 36.0. The lowest BCUT2D eigenvalue weighted by Crippen LogP contribution is -2.64. The van der Waals surface area contributed by atoms with Crippen LogP contribution >= 0.6 is 11.8 Å². The first-order chi connectivity index (χ1) is 45.0. The van der Waals surface area contributed by atoms with Gasteiger partial charge < -0.3 is 70.1 Å². The van der Waals surface area contributed by atoms with Crippen LogP contribution in [0.2, 0.25) is 0 Å². The van der Waals surface area contributed by atoms with E-state index in [-0.39, 0.29) is 55.6 Å². The summed E-state index contributed by atoms with van der Waals surface area (Å²) in [7, 11) is 11.5. The Bertz CT molecular complexity index is 2650. The van der Waals surface area contributed by atoms with Gasteiger partial charge in [0.1, 0.15) is 66.5 Å². The number of morpholine rings is 1. The van der Waals surface area contributed by atoms with E-state index < -0.39 is 161 Å². The number of aliphatic hydroxyl groups excluding tert-OH is 1. The molecular formula is C70H126N12O14S. The van der Waals surface area contributed by atoms with Gasteiger partial charge in [-0.2, -0.15) is 11.8 Å². The molecule has 0 unspecified atom stereocenters. The van der Waals surface area contributed by atoms with Crippen LogP contribution in [-0.4, -0.2) is 288 Å². The summed E-state index contributed by atoms with van der Waals surface area (Å²) in [6.07, 6.45) is 2.67. The Hall–Kier alpha value is -5.90. The largest absolute Gasteiger partial charge is 0.390 e. The van der Waals surface area contributed by atoms with Gasteiger partial charge in [-0.25, -0.2) is 0 Å². The fourth-order valence-electron chi connectivity index (χ4n) is 12.3. The number of hydrogen-bond acceptors (Lipinski definition) is 16. The number of likely N-dealkylation sites (N-methyl/N-ethyl adjacent to an activating group) is 7. The maximum atomic E-state index is 15.6. The smallest absolute Gasteiger partial charge is 0.246 e. The number of aliphatic hydroxyl groups is 1. The molecule has 0 radical (unpaired) electrons. The third-order valence-electron chi connectivity index (χ3n) is 18.9. The minimum Gasteiger partial charge on any atom is -0.390 e. The summed E-state index contributed by atoms with van der Waals surface area (Å²) in [5.74, 6) is -9.36. The molecular weight excluding hydrogens is 1260 g/mol. The third kappa shape index (κ3) is 25.0. The molecule has 556 valence electrons. The lowest BCUT2D eigenvalue weighted by molar-refractivity contribution is -0.157. The molecule has 0 aromatic rings. The van der Waals surface area contributed by atoms with Gasteiger partial charge in [0, 0.05) is 94.0 Å². The SMILES string of the molecule is C/C=C/C[C@@H](C)[C@@H](O)[C@H]1C(=O)N[C@@H](CC)C(=O)N(C)[C@H](CSCCN2CCOCC2)C(=O)N(C)[C@@H](CC(C)(C)OC)C(=O)N[C@@H](C(C)C)C(=O)N(C)[C@@H](CC(C)C)C(=O)N[C@@H](C)C(=O)N[C@H](C)C(=O)N(C)[C@@H](CC(C)C)C(=O)N(C)[C@@H](CC(C)C)C(=O)N(C)[C@@H](C(C)C)C(=O)N1C. The minimum absolute atomic E-state index is 0.0133. The molecule has 27 heteroatoms. The Balaban J connectivity index is 3.14. The molecule has 2 rings (SSSR count). The van der Waals surface area contributed by atoms with Crippen molar-refractivity contribution in [3.8, 4) is 0 Å². The lowest BCUT2D eigenvalue weighted by atomic mass is 9.91. The second kappa shape index (κ2) is 40.4. The molecule has 0 aliphatic carbocycles. The van der Waals surface area contributed by atoms with Gasteiger partial charge in [0.05, 0.1) is 24.9 Å². The van der Waals surface area contributed by atoms with E-state index >= 15 is 33.6 Å². The van der Waals surface area contributed by atoms with Crippen molar-refractivity contribution in [1.29, 1.82) is 0 Å². The highest BCUT2D eigenvalue weighted by atomic mass is 32.2. The average Bonchev–Trinajstić information content (AvgIpc) is 0.815. The van der Waals surface area contributed by atoms with Gasteiger partial charge in [0.2, 0.25) is 65.0 Å². The molecule has 2 heterocycles. The lowest BCUT2D eigenvalue weighted by Gasteiger charge is -2.41. The zero-order chi connectivity index (χ0) is 74.4. The van der Waals surface area contributed by atoms with Gasteiger partial charge in [-0.1, -0.05) is 95.2 Å². The number of thioether (sulfide) groups is 1. The van der Waals surface area contributed by atoms with E-state index in [0.717, 1.165) is 4.90 Å². The van der Waals surface area contributed by atoms with Crippen LogP contribution in [-0.2, 0) is 62.2 Å². The van der Waals surface area contributed by atoms with Crippen molar-refractivity contribution in [3.63, 3.8) is 0 Å². The van der Waals surface area contributed by atoms with Crippen molar-refractivity contribution in [2.45, 2.75) is 234 Å². The second-order valence-corrected chi connectivity index (χ2v) is 30.5. The number of amides is 11. The van der Waals surface area contributed by atoms with Crippen molar-refractivity contribution in [3.05, 3.63) is 12.2 Å². The molecule has 2 aliphatic heterocycles. The number of allylic oxidation sites excluding steroid dienone is 2. The van der Waals surface area contributed by atoms with Gasteiger partial charge in [-0.05, 0) is 102 Å². The Morgan fingerprint density at radius 3 is 1.49 bits per heavy atom. The number of rotatable bonds is 21. The van der Waals surface area contributed by atoms with Crippen LogP contribution in [0, 0.1) is 35.5 Å². The Morgan fingerprint density at radius 1 is 0.546 bits per heavy atom. The molecule has 26 nitrogen and oxygen atoms in total. The van der Waals surface area contributed by atoms with E-state index in [0.29, 0.717) is 45.0 Å². The predicted molar refractivity (Wildman–Crippen MR) is 378 cm³/mol. The van der Waals surface area contributed by atoms with Gasteiger partial charge in [-0.3, -0.25) is 57.6 Å². The van der Waals surface area contributed by atoms with E-state index in [1.165, 1.54) is 111 Å². The highest BCUT2D eigenvalue weighted by Crippen LogP contribution is 2.27. The van der Waals surface area contributed by atoms with E-state index in [4.69, 9.17) is 9.47 Å². The van der Waals surface area contributed by atoms with Gasteiger partial charge in [-0.15, -0.1) is 0 Å². The van der Waals surface area contributed by atoms with Crippen molar-refractivity contribution < 1.29 is 67.3 Å². The molecule has 13 atom stereocenters. The molecule has 0 aromatic heterocycles.